The summed E-state index contributed by atoms with van der Waals surface area (Å²) in [5.74, 6) is -0.331. The van der Waals surface area contributed by atoms with Gasteiger partial charge in [0.1, 0.15) is 6.10 Å². The molecule has 3 nitrogen and oxygen atoms in total. The molecule has 3 heteroatoms. The number of nitrogens with one attached hydrogen (secondary N) is 1. The molecule has 0 saturated carbocycles. The summed E-state index contributed by atoms with van der Waals surface area (Å²) in [6.45, 7) is 0. The Morgan fingerprint density at radius 3 is 3.33 bits per heavy atom. The normalized spacial score (nSPS) is 21.4. The number of anilines is 1. The molecule has 1 aromatic rings. The van der Waals surface area contributed by atoms with Crippen LogP contribution >= 0.6 is 0 Å². The highest BCUT2D eigenvalue weighted by molar-refractivity contribution is 5.97. The Labute approximate surface area is 70.0 Å². The number of carbonyl (C=O) groups is 1. The third-order valence-electron chi connectivity index (χ3n) is 1.90. The van der Waals surface area contributed by atoms with Crippen molar-refractivity contribution in [3.8, 4) is 0 Å². The average molecular weight is 162 g/mol. The summed E-state index contributed by atoms with van der Waals surface area (Å²) in [7, 11) is 0. The highest BCUT2D eigenvalue weighted by Gasteiger charge is 2.22. The van der Waals surface area contributed by atoms with Crippen LogP contribution in [0.15, 0.2) is 18.2 Å². The van der Waals surface area contributed by atoms with Crippen LogP contribution in [0.2, 0.25) is 0 Å². The third kappa shape index (κ3) is 1.08. The zero-order chi connectivity index (χ0) is 8.55. The minimum atomic E-state index is -0.920. The molecule has 1 aliphatic rings. The van der Waals surface area contributed by atoms with E-state index >= 15 is 0 Å². The van der Waals surface area contributed by atoms with Crippen molar-refractivity contribution in [3.63, 3.8) is 0 Å². The third-order valence-corrected chi connectivity index (χ3v) is 1.90. The van der Waals surface area contributed by atoms with Gasteiger partial charge in [-0.05, 0) is 17.7 Å². The molecule has 61 valence electrons. The van der Waals surface area contributed by atoms with Crippen LogP contribution in [0.5, 0.6) is 0 Å². The van der Waals surface area contributed by atoms with E-state index in [2.05, 4.69) is 11.4 Å². The van der Waals surface area contributed by atoms with Gasteiger partial charge in [0, 0.05) is 12.1 Å². The van der Waals surface area contributed by atoms with Gasteiger partial charge in [0.05, 0.1) is 0 Å². The van der Waals surface area contributed by atoms with Gasteiger partial charge >= 0.3 is 0 Å². The molecule has 1 amide bonds. The first-order chi connectivity index (χ1) is 5.77. The van der Waals surface area contributed by atoms with Gasteiger partial charge in [-0.1, -0.05) is 12.1 Å². The van der Waals surface area contributed by atoms with Gasteiger partial charge in [0.2, 0.25) is 0 Å². The lowest BCUT2D eigenvalue weighted by Crippen LogP contribution is -2.34. The minimum absolute atomic E-state index is 0.331. The molecule has 0 aliphatic carbocycles. The highest BCUT2D eigenvalue weighted by atomic mass is 16.3. The van der Waals surface area contributed by atoms with Gasteiger partial charge in [-0.3, -0.25) is 4.79 Å². The fraction of sp³-hybridized carbons (Fsp3) is 0.222. The molecule has 1 aromatic carbocycles. The summed E-state index contributed by atoms with van der Waals surface area (Å²) in [4.78, 5) is 11.0. The maximum atomic E-state index is 11.0. The largest absolute Gasteiger partial charge is 0.383 e. The highest BCUT2D eigenvalue weighted by Crippen LogP contribution is 2.20. The second-order valence-corrected chi connectivity index (χ2v) is 2.77. The number of fused-ring (bicyclic) bond motifs is 1. The molecular weight excluding hydrogens is 154 g/mol. The predicted octanol–water partition coefficient (Wildman–Crippen LogP) is 0.342. The van der Waals surface area contributed by atoms with Crippen molar-refractivity contribution in [2.75, 3.05) is 5.32 Å². The van der Waals surface area contributed by atoms with E-state index in [9.17, 15) is 9.90 Å². The molecule has 2 rings (SSSR count). The molecule has 0 spiro atoms. The first-order valence-electron chi connectivity index (χ1n) is 3.76. The van der Waals surface area contributed by atoms with Crippen LogP contribution in [0, 0.1) is 6.07 Å². The Morgan fingerprint density at radius 2 is 2.50 bits per heavy atom. The second kappa shape index (κ2) is 2.60. The van der Waals surface area contributed by atoms with E-state index in [4.69, 9.17) is 0 Å². The Kier molecular flexibility index (Phi) is 1.59. The maximum Gasteiger partial charge on any atom is 0.253 e. The van der Waals surface area contributed by atoms with Crippen LogP contribution < -0.4 is 5.32 Å². The maximum absolute atomic E-state index is 11.0. The quantitative estimate of drug-likeness (QED) is 0.578. The summed E-state index contributed by atoms with van der Waals surface area (Å²) < 4.78 is 0. The molecule has 0 bridgehead atoms. The fourth-order valence-electron chi connectivity index (χ4n) is 1.26. The van der Waals surface area contributed by atoms with Crippen LogP contribution in [0.4, 0.5) is 5.69 Å². The Bertz CT molecular complexity index is 322. The van der Waals surface area contributed by atoms with Crippen molar-refractivity contribution in [1.82, 2.24) is 0 Å². The molecule has 2 N–H and O–H groups in total. The van der Waals surface area contributed by atoms with Crippen LogP contribution in [-0.4, -0.2) is 17.1 Å². The van der Waals surface area contributed by atoms with E-state index in [-0.39, 0.29) is 5.91 Å². The smallest absolute Gasteiger partial charge is 0.253 e. The monoisotopic (exact) mass is 162 g/mol. The number of aliphatic hydroxyl groups is 1. The van der Waals surface area contributed by atoms with E-state index in [1.165, 1.54) is 0 Å². The number of benzene rings is 1. The van der Waals surface area contributed by atoms with Crippen molar-refractivity contribution in [2.24, 2.45) is 0 Å². The summed E-state index contributed by atoms with van der Waals surface area (Å²) in [6, 6.07) is 8.34. The first-order valence-corrected chi connectivity index (χ1v) is 3.76. The zero-order valence-electron chi connectivity index (χ0n) is 6.37. The lowest BCUT2D eigenvalue weighted by Gasteiger charge is -2.19. The number of hydrogen-bond donors (Lipinski definition) is 2. The first kappa shape index (κ1) is 7.31. The summed E-state index contributed by atoms with van der Waals surface area (Å²) >= 11 is 0. The molecule has 1 aliphatic heterocycles. The van der Waals surface area contributed by atoms with E-state index in [1.54, 1.807) is 18.2 Å². The van der Waals surface area contributed by atoms with E-state index < -0.39 is 6.10 Å². The number of amides is 1. The van der Waals surface area contributed by atoms with Crippen LogP contribution in [0.25, 0.3) is 0 Å². The number of hydrogen-bond acceptors (Lipinski definition) is 2. The average Bonchev–Trinajstić information content (AvgIpc) is 2.07. The number of aliphatic hydroxyl groups excluding tert-OH is 1. The molecule has 1 unspecified atom stereocenters. The van der Waals surface area contributed by atoms with Crippen LogP contribution in [0.1, 0.15) is 5.56 Å². The summed E-state index contributed by atoms with van der Waals surface area (Å²) in [5.41, 5.74) is 1.62. The molecule has 0 saturated heterocycles. The van der Waals surface area contributed by atoms with Crippen molar-refractivity contribution in [3.05, 3.63) is 29.8 Å². The van der Waals surface area contributed by atoms with Crippen LogP contribution in [0.3, 0.4) is 0 Å². The summed E-state index contributed by atoms with van der Waals surface area (Å²) in [5, 5.41) is 11.8. The van der Waals surface area contributed by atoms with E-state index in [0.29, 0.717) is 6.42 Å². The fourth-order valence-corrected chi connectivity index (χ4v) is 1.26. The zero-order valence-corrected chi connectivity index (χ0v) is 6.37. The molecule has 0 fully saturated rings. The summed E-state index contributed by atoms with van der Waals surface area (Å²) in [6.07, 6.45) is -0.557. The van der Waals surface area contributed by atoms with Crippen molar-refractivity contribution in [2.45, 2.75) is 12.5 Å². The van der Waals surface area contributed by atoms with Gasteiger partial charge in [0.25, 0.3) is 5.91 Å². The number of rotatable bonds is 0. The Morgan fingerprint density at radius 1 is 1.67 bits per heavy atom. The van der Waals surface area contributed by atoms with Gasteiger partial charge < -0.3 is 10.4 Å². The van der Waals surface area contributed by atoms with Crippen molar-refractivity contribution < 1.29 is 9.90 Å². The van der Waals surface area contributed by atoms with Gasteiger partial charge in [-0.25, -0.2) is 0 Å². The lowest BCUT2D eigenvalue weighted by molar-refractivity contribution is -0.124. The molecule has 1 atom stereocenters. The molecular formula is C9H8NO2. The molecule has 12 heavy (non-hydrogen) atoms. The topological polar surface area (TPSA) is 49.3 Å². The van der Waals surface area contributed by atoms with E-state index in [1.807, 2.05) is 0 Å². The van der Waals surface area contributed by atoms with Gasteiger partial charge in [-0.2, -0.15) is 0 Å². The Balaban J connectivity index is 2.40. The lowest BCUT2D eigenvalue weighted by atomic mass is 10.0. The second-order valence-electron chi connectivity index (χ2n) is 2.77. The van der Waals surface area contributed by atoms with Gasteiger partial charge in [0.15, 0.2) is 0 Å². The van der Waals surface area contributed by atoms with E-state index in [0.717, 1.165) is 11.3 Å². The van der Waals surface area contributed by atoms with Crippen LogP contribution in [-0.2, 0) is 11.2 Å². The van der Waals surface area contributed by atoms with Crippen molar-refractivity contribution in [1.29, 1.82) is 0 Å². The standard InChI is InChI=1S/C9H8NO2/c11-8-5-6-3-1-2-4-7(6)10-9(8)12/h1-2,4,8,11H,5H2,(H,10,12). The van der Waals surface area contributed by atoms with Gasteiger partial charge in [-0.15, -0.1) is 0 Å². The minimum Gasteiger partial charge on any atom is -0.383 e. The SMILES string of the molecule is O=C1Nc2ccc[c]c2CC1O. The Hall–Kier alpha value is -1.35. The molecule has 0 aromatic heterocycles. The predicted molar refractivity (Wildman–Crippen MR) is 43.6 cm³/mol. The number of carbonyl (C=O) groups excluding carboxylic acids is 1. The molecule has 1 heterocycles. The van der Waals surface area contributed by atoms with Crippen molar-refractivity contribution >= 4 is 11.6 Å². The molecule has 1 radical (unpaired) electrons.